The van der Waals surface area contributed by atoms with E-state index >= 15 is 0 Å². The average molecular weight is 337 g/mol. The van der Waals surface area contributed by atoms with Gasteiger partial charge < -0.3 is 9.47 Å². The van der Waals surface area contributed by atoms with E-state index in [1.807, 2.05) is 28.9 Å². The zero-order valence-electron chi connectivity index (χ0n) is 13.0. The number of hydrogen-bond acceptors (Lipinski definition) is 5. The van der Waals surface area contributed by atoms with Gasteiger partial charge in [0.2, 0.25) is 0 Å². The van der Waals surface area contributed by atoms with Crippen molar-refractivity contribution in [1.29, 1.82) is 0 Å². The summed E-state index contributed by atoms with van der Waals surface area (Å²) in [7, 11) is 0. The van der Waals surface area contributed by atoms with E-state index < -0.39 is 0 Å². The van der Waals surface area contributed by atoms with Crippen LogP contribution in [0.15, 0.2) is 36.9 Å². The summed E-state index contributed by atoms with van der Waals surface area (Å²) < 4.78 is 13.3. The maximum Gasteiger partial charge on any atom is 0.137 e. The van der Waals surface area contributed by atoms with Gasteiger partial charge >= 0.3 is 0 Å². The Hall–Kier alpha value is -1.63. The van der Waals surface area contributed by atoms with Crippen LogP contribution in [0.25, 0.3) is 0 Å². The second-order valence-corrected chi connectivity index (χ2v) is 6.00. The molecule has 0 unspecified atom stereocenters. The highest BCUT2D eigenvalue weighted by molar-refractivity contribution is 6.30. The Balaban J connectivity index is 1.35. The Labute approximate surface area is 141 Å². The van der Waals surface area contributed by atoms with Crippen LogP contribution < -0.4 is 4.74 Å². The lowest BCUT2D eigenvalue weighted by atomic mass is 10.2. The standard InChI is InChI=1S/C16H21ClN4O2/c17-14-2-4-15(5-3-14)22-8-1-6-20-7-9-23-16(10-20)11-21-13-18-12-19-21/h2-5,12-13,16H,1,6-11H2/t16-/m1/s1. The summed E-state index contributed by atoms with van der Waals surface area (Å²) in [5.74, 6) is 0.862. The molecular weight excluding hydrogens is 316 g/mol. The molecule has 0 saturated carbocycles. The first-order valence-electron chi connectivity index (χ1n) is 7.84. The zero-order chi connectivity index (χ0) is 15.9. The van der Waals surface area contributed by atoms with Gasteiger partial charge in [-0.3, -0.25) is 9.58 Å². The summed E-state index contributed by atoms with van der Waals surface area (Å²) in [5.41, 5.74) is 0. The van der Waals surface area contributed by atoms with Gasteiger partial charge in [0, 0.05) is 24.7 Å². The van der Waals surface area contributed by atoms with E-state index in [4.69, 9.17) is 21.1 Å². The van der Waals surface area contributed by atoms with Gasteiger partial charge in [-0.1, -0.05) is 11.6 Å². The molecule has 7 heteroatoms. The van der Waals surface area contributed by atoms with Gasteiger partial charge in [-0.2, -0.15) is 5.10 Å². The molecular formula is C16H21ClN4O2. The quantitative estimate of drug-likeness (QED) is 0.725. The van der Waals surface area contributed by atoms with E-state index in [0.717, 1.165) is 50.0 Å². The Morgan fingerprint density at radius 3 is 2.96 bits per heavy atom. The summed E-state index contributed by atoms with van der Waals surface area (Å²) in [6.07, 6.45) is 4.43. The molecule has 0 spiro atoms. The first-order valence-corrected chi connectivity index (χ1v) is 8.22. The van der Waals surface area contributed by atoms with Gasteiger partial charge in [0.05, 0.1) is 25.9 Å². The molecule has 1 fully saturated rings. The lowest BCUT2D eigenvalue weighted by molar-refractivity contribution is -0.0384. The molecule has 2 aromatic rings. The average Bonchev–Trinajstić information content (AvgIpc) is 3.07. The van der Waals surface area contributed by atoms with Crippen molar-refractivity contribution < 1.29 is 9.47 Å². The molecule has 3 rings (SSSR count). The van der Waals surface area contributed by atoms with Crippen LogP contribution in [-0.2, 0) is 11.3 Å². The first-order chi connectivity index (χ1) is 11.3. The fourth-order valence-corrected chi connectivity index (χ4v) is 2.76. The van der Waals surface area contributed by atoms with Crippen molar-refractivity contribution >= 4 is 11.6 Å². The van der Waals surface area contributed by atoms with Crippen molar-refractivity contribution in [1.82, 2.24) is 19.7 Å². The molecule has 0 N–H and O–H groups in total. The molecule has 0 radical (unpaired) electrons. The predicted molar refractivity (Wildman–Crippen MR) is 87.8 cm³/mol. The molecule has 2 heterocycles. The molecule has 1 aliphatic heterocycles. The summed E-state index contributed by atoms with van der Waals surface area (Å²) in [5, 5.41) is 4.85. The molecule has 1 aromatic heterocycles. The predicted octanol–water partition coefficient (Wildman–Crippen LogP) is 2.10. The summed E-state index contributed by atoms with van der Waals surface area (Å²) in [6.45, 7) is 5.10. The molecule has 1 aromatic carbocycles. The number of nitrogens with zero attached hydrogens (tertiary/aromatic N) is 4. The van der Waals surface area contributed by atoms with Crippen molar-refractivity contribution in [3.63, 3.8) is 0 Å². The van der Waals surface area contributed by atoms with E-state index in [2.05, 4.69) is 15.0 Å². The highest BCUT2D eigenvalue weighted by atomic mass is 35.5. The van der Waals surface area contributed by atoms with Crippen LogP contribution in [0.2, 0.25) is 5.02 Å². The molecule has 0 amide bonds. The topological polar surface area (TPSA) is 52.4 Å². The lowest BCUT2D eigenvalue weighted by Crippen LogP contribution is -2.44. The van der Waals surface area contributed by atoms with Gasteiger partial charge in [0.1, 0.15) is 18.4 Å². The van der Waals surface area contributed by atoms with E-state index in [1.165, 1.54) is 0 Å². The fraction of sp³-hybridized carbons (Fsp3) is 0.500. The van der Waals surface area contributed by atoms with Crippen molar-refractivity contribution in [3.8, 4) is 5.75 Å². The van der Waals surface area contributed by atoms with Crippen LogP contribution in [0, 0.1) is 0 Å². The minimum Gasteiger partial charge on any atom is -0.494 e. The van der Waals surface area contributed by atoms with Crippen molar-refractivity contribution in [3.05, 3.63) is 41.9 Å². The Kier molecular flexibility index (Phi) is 5.85. The first kappa shape index (κ1) is 16.2. The second kappa shape index (κ2) is 8.29. The van der Waals surface area contributed by atoms with Crippen molar-refractivity contribution in [2.24, 2.45) is 0 Å². The number of ether oxygens (including phenoxy) is 2. The molecule has 6 nitrogen and oxygen atoms in total. The van der Waals surface area contributed by atoms with Crippen molar-refractivity contribution in [2.75, 3.05) is 32.8 Å². The maximum absolute atomic E-state index is 5.85. The monoisotopic (exact) mass is 336 g/mol. The van der Waals surface area contributed by atoms with E-state index in [1.54, 1.807) is 12.7 Å². The van der Waals surface area contributed by atoms with Crippen LogP contribution in [-0.4, -0.2) is 58.6 Å². The van der Waals surface area contributed by atoms with Crippen molar-refractivity contribution in [2.45, 2.75) is 19.1 Å². The van der Waals surface area contributed by atoms with Crippen LogP contribution in [0.4, 0.5) is 0 Å². The van der Waals surface area contributed by atoms with Gasteiger partial charge in [0.15, 0.2) is 0 Å². The normalized spacial score (nSPS) is 18.9. The van der Waals surface area contributed by atoms with Crippen LogP contribution in [0.3, 0.4) is 0 Å². The van der Waals surface area contributed by atoms with Gasteiger partial charge in [-0.05, 0) is 30.7 Å². The van der Waals surface area contributed by atoms with Crippen LogP contribution in [0.1, 0.15) is 6.42 Å². The van der Waals surface area contributed by atoms with E-state index in [9.17, 15) is 0 Å². The highest BCUT2D eigenvalue weighted by Crippen LogP contribution is 2.15. The summed E-state index contributed by atoms with van der Waals surface area (Å²) >= 11 is 5.85. The molecule has 0 bridgehead atoms. The third-order valence-electron chi connectivity index (χ3n) is 3.78. The molecule has 1 saturated heterocycles. The molecule has 23 heavy (non-hydrogen) atoms. The number of rotatable bonds is 7. The third kappa shape index (κ3) is 5.20. The number of morpholine rings is 1. The minimum absolute atomic E-state index is 0.169. The third-order valence-corrected chi connectivity index (χ3v) is 4.03. The zero-order valence-corrected chi connectivity index (χ0v) is 13.7. The number of aromatic nitrogens is 3. The van der Waals surface area contributed by atoms with Crippen LogP contribution in [0.5, 0.6) is 5.75 Å². The van der Waals surface area contributed by atoms with Gasteiger partial charge in [-0.15, -0.1) is 0 Å². The molecule has 124 valence electrons. The number of hydrogen-bond donors (Lipinski definition) is 0. The molecule has 1 aliphatic rings. The summed E-state index contributed by atoms with van der Waals surface area (Å²) in [6, 6.07) is 7.47. The van der Waals surface area contributed by atoms with E-state index in [-0.39, 0.29) is 6.10 Å². The Morgan fingerprint density at radius 2 is 2.17 bits per heavy atom. The second-order valence-electron chi connectivity index (χ2n) is 5.57. The minimum atomic E-state index is 0.169. The smallest absolute Gasteiger partial charge is 0.137 e. The largest absolute Gasteiger partial charge is 0.494 e. The fourth-order valence-electron chi connectivity index (χ4n) is 2.64. The Morgan fingerprint density at radius 1 is 1.30 bits per heavy atom. The Bertz CT molecular complexity index is 576. The maximum atomic E-state index is 5.85. The highest BCUT2D eigenvalue weighted by Gasteiger charge is 2.20. The van der Waals surface area contributed by atoms with Gasteiger partial charge in [0.25, 0.3) is 0 Å². The van der Waals surface area contributed by atoms with Gasteiger partial charge in [-0.25, -0.2) is 4.98 Å². The molecule has 1 atom stereocenters. The molecule has 0 aliphatic carbocycles. The van der Waals surface area contributed by atoms with E-state index in [0.29, 0.717) is 6.61 Å². The summed E-state index contributed by atoms with van der Waals surface area (Å²) in [4.78, 5) is 6.37. The lowest BCUT2D eigenvalue weighted by Gasteiger charge is -2.32. The number of halogens is 1. The van der Waals surface area contributed by atoms with Crippen LogP contribution >= 0.6 is 11.6 Å². The number of benzene rings is 1. The SMILES string of the molecule is Clc1ccc(OCCCN2CCO[C@@H](Cn3cncn3)C2)cc1.